The molecular weight excluding hydrogens is 236 g/mol. The standard InChI is InChI=1S/C13H9ClN2O/c1-8-12(7-17)16-6-5-9-10(13(16)15-8)3-2-4-11(9)14/h2-7H,1H3. The van der Waals surface area contributed by atoms with Crippen molar-refractivity contribution in [3.8, 4) is 0 Å². The van der Waals surface area contributed by atoms with Crippen LogP contribution in [0.2, 0.25) is 5.02 Å². The molecule has 0 radical (unpaired) electrons. The van der Waals surface area contributed by atoms with E-state index in [9.17, 15) is 4.79 Å². The molecule has 17 heavy (non-hydrogen) atoms. The number of carbonyl (C=O) groups excluding carboxylic acids is 1. The van der Waals surface area contributed by atoms with Gasteiger partial charge in [-0.25, -0.2) is 4.98 Å². The van der Waals surface area contributed by atoms with Gasteiger partial charge in [-0.2, -0.15) is 0 Å². The van der Waals surface area contributed by atoms with Crippen LogP contribution in [0, 0.1) is 6.92 Å². The fraction of sp³-hybridized carbons (Fsp3) is 0.0769. The van der Waals surface area contributed by atoms with Gasteiger partial charge >= 0.3 is 0 Å². The van der Waals surface area contributed by atoms with Gasteiger partial charge in [-0.05, 0) is 19.1 Å². The highest BCUT2D eigenvalue weighted by Crippen LogP contribution is 2.27. The van der Waals surface area contributed by atoms with Crippen LogP contribution in [0.5, 0.6) is 0 Å². The maximum Gasteiger partial charge on any atom is 0.168 e. The number of pyridine rings is 1. The van der Waals surface area contributed by atoms with Crippen LogP contribution in [0.4, 0.5) is 0 Å². The van der Waals surface area contributed by atoms with Crippen LogP contribution in [0.25, 0.3) is 16.4 Å². The minimum Gasteiger partial charge on any atom is -0.297 e. The third-order valence-electron chi connectivity index (χ3n) is 2.93. The summed E-state index contributed by atoms with van der Waals surface area (Å²) >= 11 is 6.13. The van der Waals surface area contributed by atoms with Gasteiger partial charge in [-0.15, -0.1) is 0 Å². The van der Waals surface area contributed by atoms with Gasteiger partial charge in [0.1, 0.15) is 11.3 Å². The zero-order chi connectivity index (χ0) is 12.0. The number of imidazole rings is 1. The van der Waals surface area contributed by atoms with Gasteiger partial charge in [-0.1, -0.05) is 23.7 Å². The molecule has 1 aromatic carbocycles. The number of fused-ring (bicyclic) bond motifs is 3. The Morgan fingerprint density at radius 1 is 1.29 bits per heavy atom. The van der Waals surface area contributed by atoms with Gasteiger partial charge in [0.2, 0.25) is 0 Å². The zero-order valence-corrected chi connectivity index (χ0v) is 9.90. The summed E-state index contributed by atoms with van der Waals surface area (Å²) in [6, 6.07) is 7.59. The Hall–Kier alpha value is -1.87. The SMILES string of the molecule is Cc1nc2c3cccc(Cl)c3ccn2c1C=O. The Morgan fingerprint density at radius 3 is 2.88 bits per heavy atom. The molecule has 0 saturated heterocycles. The van der Waals surface area contributed by atoms with E-state index in [2.05, 4.69) is 4.98 Å². The minimum atomic E-state index is 0.585. The van der Waals surface area contributed by atoms with Gasteiger partial charge in [0.25, 0.3) is 0 Å². The van der Waals surface area contributed by atoms with Crippen molar-refractivity contribution in [3.63, 3.8) is 0 Å². The molecule has 84 valence electrons. The smallest absolute Gasteiger partial charge is 0.168 e. The van der Waals surface area contributed by atoms with Gasteiger partial charge in [0.05, 0.1) is 5.69 Å². The fourth-order valence-corrected chi connectivity index (χ4v) is 2.33. The molecule has 0 aliphatic rings. The van der Waals surface area contributed by atoms with Crippen LogP contribution >= 0.6 is 11.6 Å². The molecular formula is C13H9ClN2O. The van der Waals surface area contributed by atoms with Crippen LogP contribution in [0.1, 0.15) is 16.2 Å². The minimum absolute atomic E-state index is 0.585. The molecule has 3 rings (SSSR count). The van der Waals surface area contributed by atoms with Crippen molar-refractivity contribution < 1.29 is 4.79 Å². The third-order valence-corrected chi connectivity index (χ3v) is 3.26. The summed E-state index contributed by atoms with van der Waals surface area (Å²) in [6.45, 7) is 1.83. The molecule has 0 bridgehead atoms. The van der Waals surface area contributed by atoms with Gasteiger partial charge in [0.15, 0.2) is 6.29 Å². The molecule has 0 atom stereocenters. The second-order valence-electron chi connectivity index (χ2n) is 3.91. The van der Waals surface area contributed by atoms with E-state index < -0.39 is 0 Å². The van der Waals surface area contributed by atoms with Crippen molar-refractivity contribution in [3.05, 3.63) is 46.9 Å². The third kappa shape index (κ3) is 1.36. The molecule has 3 nitrogen and oxygen atoms in total. The molecule has 2 aromatic heterocycles. The van der Waals surface area contributed by atoms with E-state index in [1.807, 2.05) is 37.4 Å². The lowest BCUT2D eigenvalue weighted by Crippen LogP contribution is -1.92. The molecule has 0 unspecified atom stereocenters. The second-order valence-corrected chi connectivity index (χ2v) is 4.32. The Balaban J connectivity index is 2.57. The lowest BCUT2D eigenvalue weighted by atomic mass is 10.2. The van der Waals surface area contributed by atoms with Crippen molar-refractivity contribution in [1.82, 2.24) is 9.38 Å². The Bertz CT molecular complexity index is 746. The van der Waals surface area contributed by atoms with E-state index in [1.54, 1.807) is 4.40 Å². The maximum atomic E-state index is 11.0. The largest absolute Gasteiger partial charge is 0.297 e. The molecule has 0 amide bonds. The van der Waals surface area contributed by atoms with Crippen molar-refractivity contribution in [2.75, 3.05) is 0 Å². The quantitative estimate of drug-likeness (QED) is 0.616. The molecule has 0 spiro atoms. The topological polar surface area (TPSA) is 34.4 Å². The van der Waals surface area contributed by atoms with Crippen LogP contribution in [-0.4, -0.2) is 15.7 Å². The summed E-state index contributed by atoms with van der Waals surface area (Å²) in [5.74, 6) is 0. The molecule has 0 aliphatic heterocycles. The lowest BCUT2D eigenvalue weighted by Gasteiger charge is -2.02. The predicted octanol–water partition coefficient (Wildman–Crippen LogP) is 3.26. The first-order chi connectivity index (χ1) is 8.22. The van der Waals surface area contributed by atoms with Crippen molar-refractivity contribution >= 4 is 34.3 Å². The summed E-state index contributed by atoms with van der Waals surface area (Å²) in [4.78, 5) is 15.4. The number of hydrogen-bond donors (Lipinski definition) is 0. The van der Waals surface area contributed by atoms with Crippen molar-refractivity contribution in [1.29, 1.82) is 0 Å². The lowest BCUT2D eigenvalue weighted by molar-refractivity contribution is 0.111. The van der Waals surface area contributed by atoms with E-state index in [4.69, 9.17) is 11.6 Å². The number of rotatable bonds is 1. The van der Waals surface area contributed by atoms with E-state index >= 15 is 0 Å². The molecule has 0 aliphatic carbocycles. The molecule has 0 saturated carbocycles. The second kappa shape index (κ2) is 3.57. The summed E-state index contributed by atoms with van der Waals surface area (Å²) < 4.78 is 1.79. The number of aryl methyl sites for hydroxylation is 1. The molecule has 2 heterocycles. The number of aromatic nitrogens is 2. The van der Waals surface area contributed by atoms with Crippen molar-refractivity contribution in [2.45, 2.75) is 6.92 Å². The highest BCUT2D eigenvalue weighted by atomic mass is 35.5. The number of nitrogens with zero attached hydrogens (tertiary/aromatic N) is 2. The number of aldehydes is 1. The van der Waals surface area contributed by atoms with E-state index in [0.717, 1.165) is 28.4 Å². The van der Waals surface area contributed by atoms with Crippen molar-refractivity contribution in [2.24, 2.45) is 0 Å². The zero-order valence-electron chi connectivity index (χ0n) is 9.14. The molecule has 0 N–H and O–H groups in total. The van der Waals surface area contributed by atoms with Gasteiger partial charge in [0, 0.05) is 22.0 Å². The first kappa shape index (κ1) is 10.3. The van der Waals surface area contributed by atoms with Gasteiger partial charge in [-0.3, -0.25) is 9.20 Å². The average molecular weight is 245 g/mol. The predicted molar refractivity (Wildman–Crippen MR) is 67.8 cm³/mol. The number of hydrogen-bond acceptors (Lipinski definition) is 2. The highest BCUT2D eigenvalue weighted by Gasteiger charge is 2.11. The Kier molecular flexibility index (Phi) is 2.16. The maximum absolute atomic E-state index is 11.0. The van der Waals surface area contributed by atoms with Gasteiger partial charge < -0.3 is 0 Å². The highest BCUT2D eigenvalue weighted by molar-refractivity contribution is 6.35. The van der Waals surface area contributed by atoms with Crippen LogP contribution < -0.4 is 0 Å². The number of benzene rings is 1. The number of carbonyl (C=O) groups is 1. The number of halogens is 1. The molecule has 0 fully saturated rings. The van der Waals surface area contributed by atoms with E-state index in [1.165, 1.54) is 0 Å². The Morgan fingerprint density at radius 2 is 2.12 bits per heavy atom. The summed E-state index contributed by atoms with van der Waals surface area (Å²) in [5, 5.41) is 2.60. The monoisotopic (exact) mass is 244 g/mol. The van der Waals surface area contributed by atoms with E-state index in [0.29, 0.717) is 10.7 Å². The normalized spacial score (nSPS) is 11.2. The summed E-state index contributed by atoms with van der Waals surface area (Å²) in [7, 11) is 0. The van der Waals surface area contributed by atoms with Crippen LogP contribution in [0.15, 0.2) is 30.5 Å². The molecule has 3 aromatic rings. The van der Waals surface area contributed by atoms with E-state index in [-0.39, 0.29) is 0 Å². The molecule has 4 heteroatoms. The summed E-state index contributed by atoms with van der Waals surface area (Å²) in [5.41, 5.74) is 2.08. The Labute approximate surface area is 103 Å². The summed E-state index contributed by atoms with van der Waals surface area (Å²) in [6.07, 6.45) is 2.65. The average Bonchev–Trinajstić information content (AvgIpc) is 2.65. The fourth-order valence-electron chi connectivity index (χ4n) is 2.09. The van der Waals surface area contributed by atoms with Crippen LogP contribution in [0.3, 0.4) is 0 Å². The first-order valence-corrected chi connectivity index (χ1v) is 5.61. The van der Waals surface area contributed by atoms with Crippen LogP contribution in [-0.2, 0) is 0 Å². The first-order valence-electron chi connectivity index (χ1n) is 5.23.